The standard InChI is InChI=1S/C33H25F2N5O2S/c34-32(35)21-39-20-26(16-17-36)38-31(41)30-27(39)28(42-32)29(43-30)22-18-37-40(19-22)33(23-10-4-1-5-11-23,24-12-6-2-7-13-24)25-14-8-3-9-15-25/h1-15,18-19,26H,16,20-21H2,(H,38,41)/t26-/m0/s1. The number of benzene rings is 3. The minimum Gasteiger partial charge on any atom is -0.427 e. The highest BCUT2D eigenvalue weighted by Gasteiger charge is 2.47. The van der Waals surface area contributed by atoms with Crippen LogP contribution in [0.4, 0.5) is 14.5 Å². The number of hydrogen-bond donors (Lipinski definition) is 1. The van der Waals surface area contributed by atoms with Crippen LogP contribution < -0.4 is 15.0 Å². The highest BCUT2D eigenvalue weighted by molar-refractivity contribution is 7.18. The molecule has 0 bridgehead atoms. The lowest BCUT2D eigenvalue weighted by Gasteiger charge is -2.36. The number of nitriles is 1. The number of nitrogens with zero attached hydrogens (tertiary/aromatic N) is 4. The molecule has 5 aromatic rings. The maximum atomic E-state index is 15.0. The van der Waals surface area contributed by atoms with Gasteiger partial charge in [-0.15, -0.1) is 11.3 Å². The Hall–Kier alpha value is -5.01. The van der Waals surface area contributed by atoms with Gasteiger partial charge < -0.3 is 15.0 Å². The van der Waals surface area contributed by atoms with Gasteiger partial charge in [0.15, 0.2) is 5.75 Å². The number of hydrogen-bond acceptors (Lipinski definition) is 6. The minimum absolute atomic E-state index is 0.0130. The molecule has 1 N–H and O–H groups in total. The van der Waals surface area contributed by atoms with Gasteiger partial charge in [-0.3, -0.25) is 9.48 Å². The number of nitrogens with one attached hydrogen (secondary N) is 1. The molecule has 7 rings (SSSR count). The predicted molar refractivity (Wildman–Crippen MR) is 159 cm³/mol. The first kappa shape index (κ1) is 26.9. The molecule has 3 aromatic carbocycles. The summed E-state index contributed by atoms with van der Waals surface area (Å²) in [6.07, 6.45) is -0.0186. The third kappa shape index (κ3) is 4.44. The van der Waals surface area contributed by atoms with Crippen LogP contribution in [0.2, 0.25) is 0 Å². The number of halogens is 2. The second kappa shape index (κ2) is 10.4. The molecule has 7 nitrogen and oxygen atoms in total. The molecule has 0 unspecified atom stereocenters. The van der Waals surface area contributed by atoms with Crippen molar-refractivity contribution in [1.82, 2.24) is 15.1 Å². The molecule has 10 heteroatoms. The van der Waals surface area contributed by atoms with Crippen molar-refractivity contribution in [3.8, 4) is 22.3 Å². The van der Waals surface area contributed by atoms with E-state index in [1.54, 1.807) is 6.20 Å². The summed E-state index contributed by atoms with van der Waals surface area (Å²) in [5.74, 6) is -0.461. The van der Waals surface area contributed by atoms with Crippen molar-refractivity contribution in [1.29, 1.82) is 5.26 Å². The monoisotopic (exact) mass is 593 g/mol. The van der Waals surface area contributed by atoms with Crippen molar-refractivity contribution in [3.63, 3.8) is 0 Å². The fourth-order valence-corrected chi connectivity index (χ4v) is 7.25. The Morgan fingerprint density at radius 1 is 0.977 bits per heavy atom. The zero-order valence-corrected chi connectivity index (χ0v) is 23.6. The second-order valence-corrected chi connectivity index (χ2v) is 11.6. The van der Waals surface area contributed by atoms with E-state index in [2.05, 4.69) is 5.32 Å². The summed E-state index contributed by atoms with van der Waals surface area (Å²) in [6, 6.07) is 31.4. The Morgan fingerprint density at radius 3 is 2.12 bits per heavy atom. The largest absolute Gasteiger partial charge is 0.427 e. The first-order valence-electron chi connectivity index (χ1n) is 13.8. The lowest BCUT2D eigenvalue weighted by molar-refractivity contribution is -0.171. The molecule has 0 aliphatic carbocycles. The SMILES string of the molecule is N#CC[C@H]1CN2CC(F)(F)Oc3c(-c4cnn(C(c5ccccc5)(c5ccccc5)c5ccccc5)c4)sc(c32)C(=O)N1. The van der Waals surface area contributed by atoms with E-state index in [-0.39, 0.29) is 23.6 Å². The van der Waals surface area contributed by atoms with Crippen molar-refractivity contribution < 1.29 is 18.3 Å². The molecule has 214 valence electrons. The van der Waals surface area contributed by atoms with Gasteiger partial charge in [0.2, 0.25) is 0 Å². The molecule has 0 saturated carbocycles. The lowest BCUT2D eigenvalue weighted by atomic mass is 9.77. The van der Waals surface area contributed by atoms with Crippen molar-refractivity contribution in [2.45, 2.75) is 24.1 Å². The molecule has 1 amide bonds. The van der Waals surface area contributed by atoms with Crippen LogP contribution in [0.15, 0.2) is 103 Å². The molecular formula is C33H25F2N5O2S. The van der Waals surface area contributed by atoms with Crippen LogP contribution >= 0.6 is 11.3 Å². The van der Waals surface area contributed by atoms with Crippen LogP contribution in [0, 0.1) is 11.3 Å². The Kier molecular flexibility index (Phi) is 6.47. The molecule has 43 heavy (non-hydrogen) atoms. The molecule has 0 spiro atoms. The molecular weight excluding hydrogens is 568 g/mol. The second-order valence-electron chi connectivity index (χ2n) is 10.6. The lowest BCUT2D eigenvalue weighted by Crippen LogP contribution is -2.48. The number of thiophene rings is 1. The van der Waals surface area contributed by atoms with E-state index in [4.69, 9.17) is 9.84 Å². The molecule has 2 aromatic heterocycles. The van der Waals surface area contributed by atoms with Crippen molar-refractivity contribution in [2.75, 3.05) is 18.0 Å². The summed E-state index contributed by atoms with van der Waals surface area (Å²) in [5.41, 5.74) is 2.86. The summed E-state index contributed by atoms with van der Waals surface area (Å²) < 4.78 is 37.1. The van der Waals surface area contributed by atoms with E-state index in [1.807, 2.05) is 108 Å². The van der Waals surface area contributed by atoms with Gasteiger partial charge >= 0.3 is 6.11 Å². The molecule has 0 radical (unpaired) electrons. The smallest absolute Gasteiger partial charge is 0.416 e. The molecule has 2 aliphatic rings. The summed E-state index contributed by atoms with van der Waals surface area (Å²) in [4.78, 5) is 15.4. The fraction of sp³-hybridized carbons (Fsp3) is 0.182. The Labute approximate surface area is 250 Å². The summed E-state index contributed by atoms with van der Waals surface area (Å²) in [5, 5.41) is 16.9. The third-order valence-electron chi connectivity index (χ3n) is 7.87. The first-order chi connectivity index (χ1) is 20.9. The summed E-state index contributed by atoms with van der Waals surface area (Å²) >= 11 is 1.09. The predicted octanol–water partition coefficient (Wildman–Crippen LogP) is 6.27. The van der Waals surface area contributed by atoms with Gasteiger partial charge in [-0.1, -0.05) is 91.0 Å². The fourth-order valence-electron chi connectivity index (χ4n) is 6.12. The highest BCUT2D eigenvalue weighted by atomic mass is 32.1. The van der Waals surface area contributed by atoms with Gasteiger partial charge in [0, 0.05) is 18.3 Å². The maximum absolute atomic E-state index is 15.0. The number of rotatable bonds is 6. The highest BCUT2D eigenvalue weighted by Crippen LogP contribution is 2.53. The van der Waals surface area contributed by atoms with E-state index in [1.165, 1.54) is 4.90 Å². The van der Waals surface area contributed by atoms with Gasteiger partial charge in [-0.2, -0.15) is 19.1 Å². The first-order valence-corrected chi connectivity index (χ1v) is 14.6. The van der Waals surface area contributed by atoms with Crippen molar-refractivity contribution in [2.24, 2.45) is 0 Å². The van der Waals surface area contributed by atoms with Crippen LogP contribution in [0.3, 0.4) is 0 Å². The van der Waals surface area contributed by atoms with Crippen LogP contribution in [0.5, 0.6) is 5.75 Å². The topological polar surface area (TPSA) is 83.2 Å². The molecule has 4 heterocycles. The quantitative estimate of drug-likeness (QED) is 0.235. The van der Waals surface area contributed by atoms with E-state index < -0.39 is 30.1 Å². The van der Waals surface area contributed by atoms with E-state index in [0.717, 1.165) is 28.0 Å². The zero-order valence-electron chi connectivity index (χ0n) is 22.8. The number of amides is 1. The third-order valence-corrected chi connectivity index (χ3v) is 9.07. The molecule has 0 saturated heterocycles. The van der Waals surface area contributed by atoms with Crippen LogP contribution in [-0.2, 0) is 5.54 Å². The van der Waals surface area contributed by atoms with Crippen LogP contribution in [0.25, 0.3) is 10.4 Å². The van der Waals surface area contributed by atoms with Gasteiger partial charge in [-0.25, -0.2) is 0 Å². The number of ether oxygens (including phenoxy) is 1. The van der Waals surface area contributed by atoms with Crippen LogP contribution in [-0.4, -0.2) is 40.9 Å². The normalized spacial score (nSPS) is 17.3. The van der Waals surface area contributed by atoms with E-state index >= 15 is 8.78 Å². The van der Waals surface area contributed by atoms with Gasteiger partial charge in [0.1, 0.15) is 22.6 Å². The number of carbonyl (C=O) groups is 1. The number of aromatic nitrogens is 2. The maximum Gasteiger partial charge on any atom is 0.416 e. The van der Waals surface area contributed by atoms with Crippen LogP contribution in [0.1, 0.15) is 32.8 Å². The average molecular weight is 594 g/mol. The summed E-state index contributed by atoms with van der Waals surface area (Å²) in [7, 11) is 0. The van der Waals surface area contributed by atoms with E-state index in [9.17, 15) is 10.1 Å². The van der Waals surface area contributed by atoms with Gasteiger partial charge in [0.05, 0.1) is 29.6 Å². The molecule has 0 fully saturated rings. The van der Waals surface area contributed by atoms with E-state index in [0.29, 0.717) is 16.1 Å². The Morgan fingerprint density at radius 2 is 1.56 bits per heavy atom. The molecule has 2 aliphatic heterocycles. The Balaban J connectivity index is 1.43. The molecule has 1 atom stereocenters. The number of anilines is 1. The number of carbonyl (C=O) groups excluding carboxylic acids is 1. The average Bonchev–Trinajstić information content (AvgIpc) is 3.61. The number of alkyl halides is 2. The zero-order chi connectivity index (χ0) is 29.6. The van der Waals surface area contributed by atoms with Gasteiger partial charge in [-0.05, 0) is 16.7 Å². The Bertz CT molecular complexity index is 1740. The van der Waals surface area contributed by atoms with Gasteiger partial charge in [0.25, 0.3) is 5.91 Å². The summed E-state index contributed by atoms with van der Waals surface area (Å²) in [6.45, 7) is -0.634. The minimum atomic E-state index is -3.48. The van der Waals surface area contributed by atoms with Crippen molar-refractivity contribution >= 4 is 22.9 Å². The van der Waals surface area contributed by atoms with Crippen molar-refractivity contribution in [3.05, 3.63) is 125 Å².